The molecule has 148 valence electrons. The highest BCUT2D eigenvalue weighted by Crippen LogP contribution is 2.16. The van der Waals surface area contributed by atoms with Gasteiger partial charge in [0.05, 0.1) is 20.0 Å². The average molecular weight is 392 g/mol. The lowest BCUT2D eigenvalue weighted by Gasteiger charge is -2.28. The number of nitrogens with zero attached hydrogens (tertiary/aromatic N) is 4. The van der Waals surface area contributed by atoms with Crippen molar-refractivity contribution in [3.05, 3.63) is 72.4 Å². The normalized spacial score (nSPS) is 21.1. The van der Waals surface area contributed by atoms with E-state index < -0.39 is 0 Å². The molecule has 0 atom stereocenters. The van der Waals surface area contributed by atoms with Crippen molar-refractivity contribution < 1.29 is 19.2 Å². The Kier molecular flexibility index (Phi) is 4.99. The molecule has 29 heavy (non-hydrogen) atoms. The van der Waals surface area contributed by atoms with Crippen LogP contribution in [0.2, 0.25) is 0 Å². The van der Waals surface area contributed by atoms with E-state index in [1.54, 1.807) is 0 Å². The lowest BCUT2D eigenvalue weighted by atomic mass is 10.0. The third-order valence-electron chi connectivity index (χ3n) is 4.88. The van der Waals surface area contributed by atoms with Crippen LogP contribution in [0.3, 0.4) is 0 Å². The summed E-state index contributed by atoms with van der Waals surface area (Å²) < 4.78 is 0. The number of hydrogen-bond donors (Lipinski definition) is 0. The number of carbonyl (C=O) groups is 4. The lowest BCUT2D eigenvalue weighted by Crippen LogP contribution is -2.37. The van der Waals surface area contributed by atoms with Crippen molar-refractivity contribution in [2.24, 2.45) is 0 Å². The van der Waals surface area contributed by atoms with Crippen LogP contribution in [0.15, 0.2) is 72.4 Å². The first kappa shape index (κ1) is 18.7. The van der Waals surface area contributed by atoms with Crippen LogP contribution >= 0.6 is 0 Å². The van der Waals surface area contributed by atoms with Crippen molar-refractivity contribution in [2.45, 2.75) is 0 Å². The van der Waals surface area contributed by atoms with E-state index >= 15 is 0 Å². The second-order valence-corrected chi connectivity index (χ2v) is 7.23. The van der Waals surface area contributed by atoms with Gasteiger partial charge in [0.2, 0.25) is 0 Å². The summed E-state index contributed by atoms with van der Waals surface area (Å²) in [5.41, 5.74) is 0.982. The average Bonchev–Trinajstić information content (AvgIpc) is 3.31. The molecule has 4 rings (SSSR count). The summed E-state index contributed by atoms with van der Waals surface area (Å²) in [4.78, 5) is 54.8. The van der Waals surface area contributed by atoms with Crippen molar-refractivity contribution in [3.8, 4) is 0 Å². The molecule has 0 aromatic rings. The van der Waals surface area contributed by atoms with Gasteiger partial charge in [-0.1, -0.05) is 0 Å². The first-order valence-corrected chi connectivity index (χ1v) is 9.23. The first-order chi connectivity index (χ1) is 14.0. The summed E-state index contributed by atoms with van der Waals surface area (Å²) in [5, 5.41) is 0. The van der Waals surface area contributed by atoms with Crippen molar-refractivity contribution in [2.75, 3.05) is 33.1 Å². The van der Waals surface area contributed by atoms with Crippen molar-refractivity contribution >= 4 is 23.1 Å². The molecular weight excluding hydrogens is 372 g/mol. The Labute approximate surface area is 168 Å². The Hall–Kier alpha value is -3.68. The van der Waals surface area contributed by atoms with Gasteiger partial charge in [-0.05, 0) is 36.5 Å². The summed E-state index contributed by atoms with van der Waals surface area (Å²) >= 11 is 0. The molecule has 0 aromatic heterocycles. The molecule has 2 aliphatic heterocycles. The van der Waals surface area contributed by atoms with Gasteiger partial charge in [0.15, 0.2) is 23.1 Å². The van der Waals surface area contributed by atoms with E-state index in [2.05, 4.69) is 9.80 Å². The number of allylic oxidation sites excluding steroid dienone is 6. The molecule has 0 amide bonds. The van der Waals surface area contributed by atoms with Gasteiger partial charge in [0.1, 0.15) is 0 Å². The molecule has 0 aromatic carbocycles. The molecule has 0 N–H and O–H groups in total. The van der Waals surface area contributed by atoms with Crippen molar-refractivity contribution in [1.82, 2.24) is 19.6 Å². The maximum absolute atomic E-state index is 11.9. The zero-order chi connectivity index (χ0) is 20.4. The zero-order valence-corrected chi connectivity index (χ0v) is 15.7. The summed E-state index contributed by atoms with van der Waals surface area (Å²) in [5.74, 6) is -0.583. The highest BCUT2D eigenvalue weighted by atomic mass is 16.1. The molecule has 2 aliphatic carbocycles. The van der Waals surface area contributed by atoms with Crippen LogP contribution in [0, 0.1) is 0 Å². The van der Waals surface area contributed by atoms with E-state index in [-0.39, 0.29) is 23.1 Å². The van der Waals surface area contributed by atoms with Crippen LogP contribution in [-0.2, 0) is 19.2 Å². The maximum atomic E-state index is 11.9. The fourth-order valence-corrected chi connectivity index (χ4v) is 3.45. The van der Waals surface area contributed by atoms with Crippen molar-refractivity contribution in [1.29, 1.82) is 0 Å². The van der Waals surface area contributed by atoms with E-state index in [1.807, 2.05) is 34.6 Å². The predicted octanol–water partition coefficient (Wildman–Crippen LogP) is 0.305. The van der Waals surface area contributed by atoms with Gasteiger partial charge in [-0.3, -0.25) is 19.2 Å². The van der Waals surface area contributed by atoms with Crippen LogP contribution in [0.5, 0.6) is 0 Å². The maximum Gasteiger partial charge on any atom is 0.183 e. The lowest BCUT2D eigenvalue weighted by molar-refractivity contribution is -0.114. The second kappa shape index (κ2) is 7.75. The summed E-state index contributed by atoms with van der Waals surface area (Å²) in [6.45, 7) is 2.63. The van der Waals surface area contributed by atoms with E-state index in [4.69, 9.17) is 0 Å². The second-order valence-electron chi connectivity index (χ2n) is 7.23. The van der Waals surface area contributed by atoms with Gasteiger partial charge in [-0.15, -0.1) is 0 Å². The monoisotopic (exact) mass is 392 g/mol. The number of rotatable bonds is 6. The minimum atomic E-state index is -0.161. The quantitative estimate of drug-likeness (QED) is 0.598. The van der Waals surface area contributed by atoms with Gasteiger partial charge in [-0.25, -0.2) is 0 Å². The molecule has 0 unspecified atom stereocenters. The van der Waals surface area contributed by atoms with Gasteiger partial charge in [0, 0.05) is 49.0 Å². The molecule has 2 heterocycles. The number of ketones is 4. The topological polar surface area (TPSA) is 81.2 Å². The van der Waals surface area contributed by atoms with E-state index in [0.717, 1.165) is 0 Å². The van der Waals surface area contributed by atoms with Gasteiger partial charge in [-0.2, -0.15) is 0 Å². The van der Waals surface area contributed by atoms with Crippen molar-refractivity contribution in [3.63, 3.8) is 0 Å². The zero-order valence-electron chi connectivity index (χ0n) is 15.7. The molecule has 0 spiro atoms. The standard InChI is InChI=1S/C21H20N4O4/c26-18-1-3-20(28)16(9-18)11-22-5-7-24(13-22)15-25-8-6-23(14-25)12-17-10-19(27)2-4-21(17)29/h1-10H,11-15H2. The van der Waals surface area contributed by atoms with Crippen LogP contribution in [0.25, 0.3) is 0 Å². The smallest absolute Gasteiger partial charge is 0.183 e. The Morgan fingerprint density at radius 2 is 1.00 bits per heavy atom. The third-order valence-corrected chi connectivity index (χ3v) is 4.88. The Morgan fingerprint density at radius 1 is 0.586 bits per heavy atom. The molecule has 4 aliphatic rings. The molecule has 8 nitrogen and oxygen atoms in total. The molecule has 8 heteroatoms. The molecular formula is C21H20N4O4. The fourth-order valence-electron chi connectivity index (χ4n) is 3.45. The van der Waals surface area contributed by atoms with E-state index in [9.17, 15) is 19.2 Å². The summed E-state index contributed by atoms with van der Waals surface area (Å²) in [7, 11) is 0. The Bertz CT molecular complexity index is 878. The highest BCUT2D eigenvalue weighted by Gasteiger charge is 2.22. The molecule has 0 bridgehead atoms. The number of carbonyl (C=O) groups excluding carboxylic acids is 4. The van der Waals surface area contributed by atoms with Gasteiger partial charge < -0.3 is 19.6 Å². The van der Waals surface area contributed by atoms with E-state index in [1.165, 1.54) is 36.5 Å². The minimum Gasteiger partial charge on any atom is -0.354 e. The largest absolute Gasteiger partial charge is 0.354 e. The minimum absolute atomic E-state index is 0.130. The van der Waals surface area contributed by atoms with Gasteiger partial charge >= 0.3 is 0 Å². The SMILES string of the molecule is O=C1C=CC(=O)C(CN2C=CN(CN3C=CN(CC4=CC(=O)C=CC4=O)C3)C2)=C1. The van der Waals surface area contributed by atoms with Crippen LogP contribution in [0.1, 0.15) is 0 Å². The highest BCUT2D eigenvalue weighted by molar-refractivity contribution is 6.18. The predicted molar refractivity (Wildman–Crippen MR) is 104 cm³/mol. The Balaban J connectivity index is 1.24. The molecule has 0 saturated carbocycles. The summed E-state index contributed by atoms with van der Waals surface area (Å²) in [6.07, 6.45) is 15.7. The van der Waals surface area contributed by atoms with Crippen LogP contribution in [0.4, 0.5) is 0 Å². The number of hydrogen-bond acceptors (Lipinski definition) is 8. The Morgan fingerprint density at radius 3 is 1.45 bits per heavy atom. The van der Waals surface area contributed by atoms with Gasteiger partial charge in [0.25, 0.3) is 0 Å². The molecule has 0 saturated heterocycles. The fraction of sp³-hybridized carbons (Fsp3) is 0.238. The summed E-state index contributed by atoms with van der Waals surface area (Å²) in [6, 6.07) is 0. The molecule has 0 fully saturated rings. The van der Waals surface area contributed by atoms with Crippen LogP contribution in [-0.4, -0.2) is 75.8 Å². The van der Waals surface area contributed by atoms with E-state index in [0.29, 0.717) is 44.2 Å². The van der Waals surface area contributed by atoms with Crippen LogP contribution < -0.4 is 0 Å². The first-order valence-electron chi connectivity index (χ1n) is 9.23. The third kappa shape index (κ3) is 4.43. The molecule has 0 radical (unpaired) electrons.